The maximum Gasteiger partial charge on any atom is 0.254 e. The number of hydrogen-bond acceptors (Lipinski definition) is 3. The SMILES string of the molecule is CCCN(CCc1c[nH]c2ccccc12)C(=O)c1ccccc1-c1ccccc1C(=O)NCc1ccncc1. The van der Waals surface area contributed by atoms with Crippen LogP contribution < -0.4 is 5.32 Å². The van der Waals surface area contributed by atoms with Crippen molar-refractivity contribution >= 4 is 22.7 Å². The smallest absolute Gasteiger partial charge is 0.254 e. The van der Waals surface area contributed by atoms with Crippen LogP contribution in [0.5, 0.6) is 0 Å². The Morgan fingerprint density at radius 3 is 2.26 bits per heavy atom. The Morgan fingerprint density at radius 2 is 1.49 bits per heavy atom. The van der Waals surface area contributed by atoms with E-state index in [9.17, 15) is 9.59 Å². The number of benzene rings is 3. The maximum absolute atomic E-state index is 14.0. The van der Waals surface area contributed by atoms with Crippen molar-refractivity contribution in [2.24, 2.45) is 0 Å². The minimum Gasteiger partial charge on any atom is -0.361 e. The summed E-state index contributed by atoms with van der Waals surface area (Å²) in [6.45, 7) is 3.75. The number of nitrogens with one attached hydrogen (secondary N) is 2. The number of pyridine rings is 1. The Balaban J connectivity index is 1.39. The summed E-state index contributed by atoms with van der Waals surface area (Å²) in [5.74, 6) is -0.214. The zero-order chi connectivity index (χ0) is 27.0. The highest BCUT2D eigenvalue weighted by Gasteiger charge is 2.22. The lowest BCUT2D eigenvalue weighted by molar-refractivity contribution is 0.0757. The Morgan fingerprint density at radius 1 is 0.821 bits per heavy atom. The molecular weight excluding hydrogens is 484 g/mol. The average molecular weight is 517 g/mol. The lowest BCUT2D eigenvalue weighted by Gasteiger charge is -2.24. The monoisotopic (exact) mass is 516 g/mol. The molecule has 2 aromatic heterocycles. The van der Waals surface area contributed by atoms with Crippen molar-refractivity contribution in [3.8, 4) is 11.1 Å². The molecule has 0 atom stereocenters. The molecule has 6 heteroatoms. The van der Waals surface area contributed by atoms with Gasteiger partial charge in [-0.15, -0.1) is 0 Å². The molecule has 0 saturated heterocycles. The number of nitrogens with zero attached hydrogens (tertiary/aromatic N) is 2. The maximum atomic E-state index is 14.0. The van der Waals surface area contributed by atoms with Crippen LogP contribution in [0.2, 0.25) is 0 Å². The molecule has 196 valence electrons. The molecule has 0 aliphatic heterocycles. The van der Waals surface area contributed by atoms with Gasteiger partial charge in [0.15, 0.2) is 0 Å². The normalized spacial score (nSPS) is 10.9. The third kappa shape index (κ3) is 5.91. The topological polar surface area (TPSA) is 78.1 Å². The fourth-order valence-corrected chi connectivity index (χ4v) is 4.95. The number of aromatic nitrogens is 2. The van der Waals surface area contributed by atoms with Crippen LogP contribution in [0.15, 0.2) is 104 Å². The summed E-state index contributed by atoms with van der Waals surface area (Å²) in [4.78, 5) is 36.5. The number of rotatable bonds is 10. The number of hydrogen-bond donors (Lipinski definition) is 2. The molecule has 0 aliphatic rings. The van der Waals surface area contributed by atoms with Gasteiger partial charge in [-0.05, 0) is 65.4 Å². The minimum atomic E-state index is -0.186. The zero-order valence-electron chi connectivity index (χ0n) is 22.1. The molecule has 3 aromatic carbocycles. The first-order chi connectivity index (χ1) is 19.2. The van der Waals surface area contributed by atoms with Gasteiger partial charge in [-0.2, -0.15) is 0 Å². The molecule has 0 aliphatic carbocycles. The summed E-state index contributed by atoms with van der Waals surface area (Å²) >= 11 is 0. The van der Waals surface area contributed by atoms with E-state index >= 15 is 0 Å². The molecule has 0 fully saturated rings. The van der Waals surface area contributed by atoms with Crippen LogP contribution in [-0.4, -0.2) is 39.8 Å². The van der Waals surface area contributed by atoms with E-state index in [1.165, 1.54) is 10.9 Å². The third-order valence-electron chi connectivity index (χ3n) is 6.93. The van der Waals surface area contributed by atoms with Crippen LogP contribution in [0.1, 0.15) is 45.2 Å². The van der Waals surface area contributed by atoms with Gasteiger partial charge < -0.3 is 15.2 Å². The van der Waals surface area contributed by atoms with E-state index in [-0.39, 0.29) is 11.8 Å². The van der Waals surface area contributed by atoms with Gasteiger partial charge in [-0.3, -0.25) is 14.6 Å². The molecule has 0 radical (unpaired) electrons. The predicted octanol–water partition coefficient (Wildman–Crippen LogP) is 6.25. The van der Waals surface area contributed by atoms with Crippen LogP contribution in [0.25, 0.3) is 22.0 Å². The van der Waals surface area contributed by atoms with E-state index < -0.39 is 0 Å². The first-order valence-electron chi connectivity index (χ1n) is 13.4. The molecule has 2 heterocycles. The van der Waals surface area contributed by atoms with Gasteiger partial charge in [0.25, 0.3) is 11.8 Å². The van der Waals surface area contributed by atoms with Crippen molar-refractivity contribution in [3.63, 3.8) is 0 Å². The highest BCUT2D eigenvalue weighted by Crippen LogP contribution is 2.29. The predicted molar refractivity (Wildman–Crippen MR) is 155 cm³/mol. The highest BCUT2D eigenvalue weighted by atomic mass is 16.2. The van der Waals surface area contributed by atoms with Gasteiger partial charge in [0.05, 0.1) is 0 Å². The van der Waals surface area contributed by atoms with Crippen LogP contribution in [0, 0.1) is 0 Å². The molecular formula is C33H32N4O2. The average Bonchev–Trinajstić information content (AvgIpc) is 3.41. The standard InChI is InChI=1S/C33H32N4O2/c1-2-20-37(21-17-25-23-35-31-14-8-7-9-26(25)31)33(39)30-13-6-4-11-28(30)27-10-3-5-12-29(27)32(38)36-22-24-15-18-34-19-16-24/h3-16,18-19,23,35H,2,17,20-22H2,1H3,(H,36,38). The number of aromatic amines is 1. The molecule has 2 amide bonds. The van der Waals surface area contributed by atoms with Gasteiger partial charge in [-0.25, -0.2) is 0 Å². The second-order valence-electron chi connectivity index (χ2n) is 9.53. The van der Waals surface area contributed by atoms with Gasteiger partial charge in [0.2, 0.25) is 0 Å². The summed E-state index contributed by atoms with van der Waals surface area (Å²) in [6, 6.07) is 27.0. The number of fused-ring (bicyclic) bond motifs is 1. The number of carbonyl (C=O) groups is 2. The summed E-state index contributed by atoms with van der Waals surface area (Å²) in [5, 5.41) is 4.19. The fraction of sp³-hybridized carbons (Fsp3) is 0.182. The first-order valence-corrected chi connectivity index (χ1v) is 13.4. The lowest BCUT2D eigenvalue weighted by atomic mass is 9.94. The van der Waals surface area contributed by atoms with Crippen molar-refractivity contribution in [3.05, 3.63) is 126 Å². The van der Waals surface area contributed by atoms with E-state index in [4.69, 9.17) is 0 Å². The number of carbonyl (C=O) groups excluding carboxylic acids is 2. The summed E-state index contributed by atoms with van der Waals surface area (Å²) in [7, 11) is 0. The van der Waals surface area contributed by atoms with Crippen molar-refractivity contribution in [1.82, 2.24) is 20.2 Å². The third-order valence-corrected chi connectivity index (χ3v) is 6.93. The van der Waals surface area contributed by atoms with Crippen LogP contribution in [0.3, 0.4) is 0 Å². The van der Waals surface area contributed by atoms with Crippen molar-refractivity contribution in [2.75, 3.05) is 13.1 Å². The molecule has 5 rings (SSSR count). The van der Waals surface area contributed by atoms with Gasteiger partial charge in [0.1, 0.15) is 0 Å². The summed E-state index contributed by atoms with van der Waals surface area (Å²) < 4.78 is 0. The Bertz CT molecular complexity index is 1580. The molecule has 0 saturated carbocycles. The number of H-pyrrole nitrogens is 1. The van der Waals surface area contributed by atoms with E-state index in [1.54, 1.807) is 18.5 Å². The largest absolute Gasteiger partial charge is 0.361 e. The van der Waals surface area contributed by atoms with Crippen LogP contribution in [0.4, 0.5) is 0 Å². The van der Waals surface area contributed by atoms with Crippen LogP contribution >= 0.6 is 0 Å². The fourth-order valence-electron chi connectivity index (χ4n) is 4.95. The summed E-state index contributed by atoms with van der Waals surface area (Å²) in [5.41, 5.74) is 5.89. The van der Waals surface area contributed by atoms with Crippen LogP contribution in [-0.2, 0) is 13.0 Å². The Labute approximate surface area is 228 Å². The Hall–Kier alpha value is -4.71. The molecule has 6 nitrogen and oxygen atoms in total. The molecule has 39 heavy (non-hydrogen) atoms. The quantitative estimate of drug-likeness (QED) is 0.230. The molecule has 0 bridgehead atoms. The molecule has 5 aromatic rings. The second-order valence-corrected chi connectivity index (χ2v) is 9.53. The zero-order valence-corrected chi connectivity index (χ0v) is 22.1. The van der Waals surface area contributed by atoms with E-state index in [2.05, 4.69) is 34.3 Å². The Kier molecular flexibility index (Phi) is 8.12. The van der Waals surface area contributed by atoms with Gasteiger partial charge in [-0.1, -0.05) is 61.5 Å². The second kappa shape index (κ2) is 12.2. The lowest BCUT2D eigenvalue weighted by Crippen LogP contribution is -2.34. The van der Waals surface area contributed by atoms with Crippen molar-refractivity contribution < 1.29 is 9.59 Å². The van der Waals surface area contributed by atoms with Gasteiger partial charge >= 0.3 is 0 Å². The van der Waals surface area contributed by atoms with E-state index in [1.807, 2.05) is 77.8 Å². The first kappa shape index (κ1) is 25.9. The van der Waals surface area contributed by atoms with E-state index in [0.29, 0.717) is 30.8 Å². The number of amides is 2. The van der Waals surface area contributed by atoms with Crippen molar-refractivity contribution in [2.45, 2.75) is 26.3 Å². The van der Waals surface area contributed by atoms with E-state index in [0.717, 1.165) is 35.0 Å². The van der Waals surface area contributed by atoms with Gasteiger partial charge in [0, 0.05) is 60.3 Å². The minimum absolute atomic E-state index is 0.0284. The van der Waals surface area contributed by atoms with Crippen molar-refractivity contribution in [1.29, 1.82) is 0 Å². The molecule has 0 unspecified atom stereocenters. The summed E-state index contributed by atoms with van der Waals surface area (Å²) in [6.07, 6.45) is 7.06. The number of para-hydroxylation sites is 1. The molecule has 0 spiro atoms. The molecule has 2 N–H and O–H groups in total. The highest BCUT2D eigenvalue weighted by molar-refractivity contribution is 6.06.